The average Bonchev–Trinajstić information content (AvgIpc) is 2.53. The van der Waals surface area contributed by atoms with Gasteiger partial charge < -0.3 is 0 Å². The number of nitrogens with zero attached hydrogens (tertiary/aromatic N) is 1. The lowest BCUT2D eigenvalue weighted by Crippen LogP contribution is -2.46. The topological polar surface area (TPSA) is 95.6 Å². The highest BCUT2D eigenvalue weighted by molar-refractivity contribution is 7.89. The third-order valence-electron chi connectivity index (χ3n) is 3.24. The molecular weight excluding hydrogens is 354 g/mol. The van der Waals surface area contributed by atoms with Crippen LogP contribution in [0.3, 0.4) is 0 Å². The Morgan fingerprint density at radius 3 is 2.25 bits per heavy atom. The summed E-state index contributed by atoms with van der Waals surface area (Å²) in [4.78, 5) is 23.3. The van der Waals surface area contributed by atoms with Gasteiger partial charge in [-0.05, 0) is 30.7 Å². The van der Waals surface area contributed by atoms with Crippen LogP contribution in [-0.4, -0.2) is 38.1 Å². The molecule has 0 radical (unpaired) electrons. The van der Waals surface area contributed by atoms with E-state index in [2.05, 4.69) is 10.9 Å². The maximum atomic E-state index is 12.3. The number of halogens is 1. The Morgan fingerprint density at radius 1 is 1.08 bits per heavy atom. The fourth-order valence-electron chi connectivity index (χ4n) is 1.85. The second kappa shape index (κ2) is 9.61. The fourth-order valence-corrected chi connectivity index (χ4v) is 3.10. The fraction of sp³-hybridized carbons (Fsp3) is 0.467. The second-order valence-corrected chi connectivity index (χ2v) is 7.75. The van der Waals surface area contributed by atoms with E-state index in [0.29, 0.717) is 11.4 Å². The van der Waals surface area contributed by atoms with Crippen LogP contribution in [0.15, 0.2) is 29.2 Å². The van der Waals surface area contributed by atoms with Gasteiger partial charge in [0.2, 0.25) is 15.9 Å². The van der Waals surface area contributed by atoms with Crippen molar-refractivity contribution < 1.29 is 18.0 Å². The van der Waals surface area contributed by atoms with Gasteiger partial charge in [-0.3, -0.25) is 20.4 Å². The SMILES string of the molecule is CCCCCC(=O)NNC(=O)CN(C)S(=O)(=O)c1ccc(Cl)cc1. The van der Waals surface area contributed by atoms with Gasteiger partial charge >= 0.3 is 0 Å². The molecule has 0 saturated heterocycles. The summed E-state index contributed by atoms with van der Waals surface area (Å²) in [5.41, 5.74) is 4.48. The van der Waals surface area contributed by atoms with Crippen molar-refractivity contribution in [1.29, 1.82) is 0 Å². The molecule has 0 fully saturated rings. The van der Waals surface area contributed by atoms with Crippen LogP contribution in [0.4, 0.5) is 0 Å². The highest BCUT2D eigenvalue weighted by atomic mass is 35.5. The Balaban J connectivity index is 2.51. The number of carbonyl (C=O) groups excluding carboxylic acids is 2. The van der Waals surface area contributed by atoms with Gasteiger partial charge in [0.1, 0.15) is 0 Å². The third kappa shape index (κ3) is 6.46. The first-order chi connectivity index (χ1) is 11.3. The number of unbranched alkanes of at least 4 members (excludes halogenated alkanes) is 2. The largest absolute Gasteiger partial charge is 0.273 e. The van der Waals surface area contributed by atoms with Gasteiger partial charge in [-0.1, -0.05) is 31.4 Å². The molecule has 0 aromatic heterocycles. The average molecular weight is 376 g/mol. The minimum absolute atomic E-state index is 0.0331. The Hall–Kier alpha value is -1.64. The maximum Gasteiger partial charge on any atom is 0.253 e. The summed E-state index contributed by atoms with van der Waals surface area (Å²) < 4.78 is 25.5. The lowest BCUT2D eigenvalue weighted by Gasteiger charge is -2.17. The second-order valence-electron chi connectivity index (χ2n) is 5.27. The summed E-state index contributed by atoms with van der Waals surface area (Å²) in [6.07, 6.45) is 2.98. The van der Waals surface area contributed by atoms with E-state index < -0.39 is 22.5 Å². The van der Waals surface area contributed by atoms with Crippen molar-refractivity contribution in [2.24, 2.45) is 0 Å². The van der Waals surface area contributed by atoms with Gasteiger partial charge in [-0.2, -0.15) is 4.31 Å². The van der Waals surface area contributed by atoms with E-state index in [4.69, 9.17) is 11.6 Å². The molecule has 1 aromatic rings. The molecule has 0 heterocycles. The summed E-state index contributed by atoms with van der Waals surface area (Å²) in [7, 11) is -2.52. The van der Waals surface area contributed by atoms with E-state index in [-0.39, 0.29) is 10.8 Å². The molecular formula is C15H22ClN3O4S. The molecule has 0 aliphatic rings. The third-order valence-corrected chi connectivity index (χ3v) is 5.31. The standard InChI is InChI=1S/C15H22ClN3O4S/c1-3-4-5-6-14(20)17-18-15(21)11-19(2)24(22,23)13-9-7-12(16)8-10-13/h7-10H,3-6,11H2,1-2H3,(H,17,20)(H,18,21). The number of likely N-dealkylation sites (N-methyl/N-ethyl adjacent to an activating group) is 1. The van der Waals surface area contributed by atoms with Gasteiger partial charge in [0, 0.05) is 18.5 Å². The van der Waals surface area contributed by atoms with Gasteiger partial charge in [0.15, 0.2) is 0 Å². The molecule has 0 unspecified atom stereocenters. The minimum Gasteiger partial charge on any atom is -0.273 e. The zero-order chi connectivity index (χ0) is 18.2. The number of hydrogen-bond acceptors (Lipinski definition) is 4. The summed E-state index contributed by atoms with van der Waals surface area (Å²) in [6.45, 7) is 1.61. The molecule has 1 rings (SSSR count). The van der Waals surface area contributed by atoms with Gasteiger partial charge in [0.05, 0.1) is 11.4 Å². The Bertz CT molecular complexity index is 662. The van der Waals surface area contributed by atoms with Crippen LogP contribution >= 0.6 is 11.6 Å². The van der Waals surface area contributed by atoms with Crippen molar-refractivity contribution >= 4 is 33.4 Å². The van der Waals surface area contributed by atoms with Crippen molar-refractivity contribution in [3.8, 4) is 0 Å². The number of hydrogen-bond donors (Lipinski definition) is 2. The number of carbonyl (C=O) groups is 2. The first kappa shape index (κ1) is 20.4. The molecule has 0 aliphatic heterocycles. The van der Waals surface area contributed by atoms with Gasteiger partial charge in [0.25, 0.3) is 5.91 Å². The Morgan fingerprint density at radius 2 is 1.67 bits per heavy atom. The lowest BCUT2D eigenvalue weighted by atomic mass is 10.2. The predicted octanol–water partition coefficient (Wildman–Crippen LogP) is 1.69. The van der Waals surface area contributed by atoms with Crippen molar-refractivity contribution in [3.05, 3.63) is 29.3 Å². The van der Waals surface area contributed by atoms with Crippen molar-refractivity contribution in [1.82, 2.24) is 15.2 Å². The van der Waals surface area contributed by atoms with Crippen molar-refractivity contribution in [3.63, 3.8) is 0 Å². The quantitative estimate of drug-likeness (QED) is 0.533. The molecule has 0 aliphatic carbocycles. The summed E-state index contributed by atoms with van der Waals surface area (Å²) in [6, 6.07) is 5.64. The van der Waals surface area contributed by atoms with Crippen LogP contribution in [0.5, 0.6) is 0 Å². The van der Waals surface area contributed by atoms with Gasteiger partial charge in [-0.15, -0.1) is 0 Å². The molecule has 7 nitrogen and oxygen atoms in total. The van der Waals surface area contributed by atoms with Crippen LogP contribution in [-0.2, 0) is 19.6 Å². The van der Waals surface area contributed by atoms with Crippen LogP contribution in [0.1, 0.15) is 32.6 Å². The zero-order valence-electron chi connectivity index (χ0n) is 13.7. The van der Waals surface area contributed by atoms with Crippen molar-refractivity contribution in [2.45, 2.75) is 37.5 Å². The Kier molecular flexibility index (Phi) is 8.17. The van der Waals surface area contributed by atoms with Crippen LogP contribution < -0.4 is 10.9 Å². The highest BCUT2D eigenvalue weighted by Gasteiger charge is 2.22. The molecule has 24 heavy (non-hydrogen) atoms. The molecule has 1 aromatic carbocycles. The number of benzene rings is 1. The number of rotatable bonds is 8. The molecule has 2 N–H and O–H groups in total. The monoisotopic (exact) mass is 375 g/mol. The zero-order valence-corrected chi connectivity index (χ0v) is 15.3. The molecule has 0 atom stereocenters. The van der Waals surface area contributed by atoms with Crippen LogP contribution in [0.25, 0.3) is 0 Å². The molecule has 134 valence electrons. The number of nitrogens with one attached hydrogen (secondary N) is 2. The van der Waals surface area contributed by atoms with Crippen molar-refractivity contribution in [2.75, 3.05) is 13.6 Å². The van der Waals surface area contributed by atoms with E-state index in [1.807, 2.05) is 6.92 Å². The predicted molar refractivity (Wildman–Crippen MR) is 91.7 cm³/mol. The highest BCUT2D eigenvalue weighted by Crippen LogP contribution is 2.17. The lowest BCUT2D eigenvalue weighted by molar-refractivity contribution is -0.129. The van der Waals surface area contributed by atoms with Gasteiger partial charge in [-0.25, -0.2) is 8.42 Å². The number of sulfonamides is 1. The maximum absolute atomic E-state index is 12.3. The molecule has 0 spiro atoms. The first-order valence-electron chi connectivity index (χ1n) is 7.57. The first-order valence-corrected chi connectivity index (χ1v) is 9.38. The minimum atomic E-state index is -3.81. The van der Waals surface area contributed by atoms with Crippen LogP contribution in [0.2, 0.25) is 5.02 Å². The molecule has 9 heteroatoms. The van der Waals surface area contributed by atoms with E-state index in [9.17, 15) is 18.0 Å². The van der Waals surface area contributed by atoms with E-state index in [1.165, 1.54) is 31.3 Å². The van der Waals surface area contributed by atoms with E-state index in [1.54, 1.807) is 0 Å². The number of hydrazine groups is 1. The number of amides is 2. The van der Waals surface area contributed by atoms with E-state index >= 15 is 0 Å². The Labute approximate surface area is 147 Å². The normalized spacial score (nSPS) is 11.3. The van der Waals surface area contributed by atoms with E-state index in [0.717, 1.165) is 23.6 Å². The summed E-state index contributed by atoms with van der Waals surface area (Å²) in [5.74, 6) is -0.932. The summed E-state index contributed by atoms with van der Waals surface area (Å²) in [5, 5.41) is 0.417. The molecule has 0 saturated carbocycles. The smallest absolute Gasteiger partial charge is 0.253 e. The molecule has 2 amide bonds. The van der Waals surface area contributed by atoms with Crippen LogP contribution in [0, 0.1) is 0 Å². The molecule has 0 bridgehead atoms. The summed E-state index contributed by atoms with van der Waals surface area (Å²) >= 11 is 5.73.